The van der Waals surface area contributed by atoms with Crippen LogP contribution in [0.15, 0.2) is 42.5 Å². The number of ether oxygens (including phenoxy) is 1. The van der Waals surface area contributed by atoms with Gasteiger partial charge in [0, 0.05) is 32.5 Å². The molecule has 2 aliphatic rings. The maximum atomic E-state index is 11.2. The van der Waals surface area contributed by atoms with Gasteiger partial charge in [0.05, 0.1) is 12.6 Å². The molecule has 1 amide bonds. The van der Waals surface area contributed by atoms with E-state index < -0.39 is 0 Å². The Morgan fingerprint density at radius 3 is 2.60 bits per heavy atom. The van der Waals surface area contributed by atoms with Gasteiger partial charge in [0.25, 0.3) is 0 Å². The Hall–Kier alpha value is -2.76. The first-order valence-electron chi connectivity index (χ1n) is 11.0. The quantitative estimate of drug-likeness (QED) is 0.785. The van der Waals surface area contributed by atoms with Gasteiger partial charge in [-0.1, -0.05) is 18.2 Å². The van der Waals surface area contributed by atoms with Crippen molar-refractivity contribution in [2.75, 3.05) is 29.4 Å². The van der Waals surface area contributed by atoms with Gasteiger partial charge in [0.1, 0.15) is 23.5 Å². The van der Waals surface area contributed by atoms with Crippen molar-refractivity contribution in [2.24, 2.45) is 0 Å². The molecule has 2 fully saturated rings. The van der Waals surface area contributed by atoms with Gasteiger partial charge in [-0.3, -0.25) is 4.79 Å². The van der Waals surface area contributed by atoms with Gasteiger partial charge < -0.3 is 19.9 Å². The van der Waals surface area contributed by atoms with E-state index in [9.17, 15) is 4.79 Å². The van der Waals surface area contributed by atoms with Gasteiger partial charge in [0.15, 0.2) is 0 Å². The van der Waals surface area contributed by atoms with Crippen molar-refractivity contribution in [3.63, 3.8) is 0 Å². The molecule has 0 radical (unpaired) electrons. The normalized spacial score (nSPS) is 22.2. The number of nitrogens with zero attached hydrogens (tertiary/aromatic N) is 3. The van der Waals surface area contributed by atoms with E-state index in [0.29, 0.717) is 6.04 Å². The molecule has 30 heavy (non-hydrogen) atoms. The van der Waals surface area contributed by atoms with Crippen LogP contribution in [-0.4, -0.2) is 42.7 Å². The Morgan fingerprint density at radius 2 is 1.90 bits per heavy atom. The van der Waals surface area contributed by atoms with Crippen molar-refractivity contribution in [3.05, 3.63) is 48.0 Å². The second-order valence-electron chi connectivity index (χ2n) is 8.50. The Bertz CT molecular complexity index is 870. The third kappa shape index (κ3) is 4.69. The van der Waals surface area contributed by atoms with E-state index in [1.165, 1.54) is 19.8 Å². The minimum absolute atomic E-state index is 0.00445. The highest BCUT2D eigenvalue weighted by Crippen LogP contribution is 2.28. The number of amides is 1. The molecule has 3 atom stereocenters. The summed E-state index contributed by atoms with van der Waals surface area (Å²) in [5.41, 5.74) is 1.07. The Morgan fingerprint density at radius 1 is 1.13 bits per heavy atom. The lowest BCUT2D eigenvalue weighted by molar-refractivity contribution is -0.119. The van der Waals surface area contributed by atoms with Crippen LogP contribution in [-0.2, 0) is 4.79 Å². The summed E-state index contributed by atoms with van der Waals surface area (Å²) in [5, 5.41) is 2.91. The van der Waals surface area contributed by atoms with E-state index >= 15 is 0 Å². The molecule has 3 heterocycles. The highest BCUT2D eigenvalue weighted by molar-refractivity contribution is 5.73. The minimum atomic E-state index is -0.0225. The molecule has 1 unspecified atom stereocenters. The molecule has 160 valence electrons. The summed E-state index contributed by atoms with van der Waals surface area (Å²) in [6.45, 7) is 8.69. The van der Waals surface area contributed by atoms with Crippen LogP contribution in [0.25, 0.3) is 0 Å². The highest BCUT2D eigenvalue weighted by atomic mass is 16.5. The molecule has 4 rings (SSSR count). The maximum absolute atomic E-state index is 11.2. The van der Waals surface area contributed by atoms with Crippen LogP contribution in [0.4, 0.5) is 11.6 Å². The van der Waals surface area contributed by atoms with Crippen molar-refractivity contribution in [1.29, 1.82) is 0 Å². The molecule has 6 nitrogen and oxygen atoms in total. The number of hydrogen-bond acceptors (Lipinski definition) is 5. The number of carbonyl (C=O) groups excluding carboxylic acids is 1. The predicted octanol–water partition coefficient (Wildman–Crippen LogP) is 3.93. The molecule has 1 aromatic carbocycles. The van der Waals surface area contributed by atoms with Crippen molar-refractivity contribution in [3.8, 4) is 5.75 Å². The molecule has 2 saturated heterocycles. The Labute approximate surface area is 179 Å². The Balaban J connectivity index is 1.35. The third-order valence-electron chi connectivity index (χ3n) is 6.14. The lowest BCUT2D eigenvalue weighted by Gasteiger charge is -2.25. The summed E-state index contributed by atoms with van der Waals surface area (Å²) in [6, 6.07) is 14.9. The van der Waals surface area contributed by atoms with Gasteiger partial charge in [0.2, 0.25) is 5.91 Å². The molecule has 0 bridgehead atoms. The second-order valence-corrected chi connectivity index (χ2v) is 8.50. The van der Waals surface area contributed by atoms with Gasteiger partial charge >= 0.3 is 0 Å². The van der Waals surface area contributed by atoms with Gasteiger partial charge in [-0.05, 0) is 56.5 Å². The lowest BCUT2D eigenvalue weighted by Crippen LogP contribution is -2.29. The van der Waals surface area contributed by atoms with Crippen LogP contribution < -0.4 is 19.9 Å². The molecular formula is C24H32N4O2. The lowest BCUT2D eigenvalue weighted by atomic mass is 10.1. The monoisotopic (exact) mass is 408 g/mol. The number of hydrogen-bond donors (Lipinski definition) is 1. The average Bonchev–Trinajstić information content (AvgIpc) is 3.37. The van der Waals surface area contributed by atoms with Crippen LogP contribution in [0.3, 0.4) is 0 Å². The number of carbonyl (C=O) groups is 1. The minimum Gasteiger partial charge on any atom is -0.489 e. The number of rotatable bonds is 6. The smallest absolute Gasteiger partial charge is 0.217 e. The van der Waals surface area contributed by atoms with Crippen LogP contribution in [0.5, 0.6) is 5.75 Å². The van der Waals surface area contributed by atoms with E-state index in [1.54, 1.807) is 0 Å². The van der Waals surface area contributed by atoms with Crippen molar-refractivity contribution in [1.82, 2.24) is 10.3 Å². The summed E-state index contributed by atoms with van der Waals surface area (Å²) < 4.78 is 6.22. The fraction of sp³-hybridized carbons (Fsp3) is 0.500. The SMILES string of the molecule is CC(=O)N[C@@H](C)c1ccc(O[C@@H]2CCN(c3cccc(N4CCCC4C)n3)C2)cc1. The summed E-state index contributed by atoms with van der Waals surface area (Å²) >= 11 is 0. The second kappa shape index (κ2) is 8.94. The van der Waals surface area contributed by atoms with Crippen LogP contribution >= 0.6 is 0 Å². The average molecular weight is 409 g/mol. The Kier molecular flexibility index (Phi) is 6.11. The van der Waals surface area contributed by atoms with E-state index in [2.05, 4.69) is 40.2 Å². The number of pyridine rings is 1. The standard InChI is InChI=1S/C24H32N4O2/c1-17-6-5-14-28(17)24-8-4-7-23(26-24)27-15-13-22(16-27)30-21-11-9-20(10-12-21)18(2)25-19(3)29/h4,7-12,17-18,22H,5-6,13-16H2,1-3H3,(H,25,29)/t17?,18-,22+/m0/s1. The molecule has 0 aliphatic carbocycles. The summed E-state index contributed by atoms with van der Waals surface area (Å²) in [7, 11) is 0. The zero-order valence-electron chi connectivity index (χ0n) is 18.2. The van der Waals surface area contributed by atoms with E-state index in [-0.39, 0.29) is 18.1 Å². The first-order valence-corrected chi connectivity index (χ1v) is 11.0. The van der Waals surface area contributed by atoms with Crippen molar-refractivity contribution >= 4 is 17.5 Å². The number of benzene rings is 1. The van der Waals surface area contributed by atoms with E-state index in [4.69, 9.17) is 9.72 Å². The van der Waals surface area contributed by atoms with E-state index in [0.717, 1.165) is 49.0 Å². The first-order chi connectivity index (χ1) is 14.5. The molecule has 0 saturated carbocycles. The van der Waals surface area contributed by atoms with Crippen molar-refractivity contribution < 1.29 is 9.53 Å². The van der Waals surface area contributed by atoms with Crippen molar-refractivity contribution in [2.45, 2.75) is 58.2 Å². The molecule has 0 spiro atoms. The van der Waals surface area contributed by atoms with Crippen LogP contribution in [0.2, 0.25) is 0 Å². The molecular weight excluding hydrogens is 376 g/mol. The fourth-order valence-electron chi connectivity index (χ4n) is 4.47. The molecule has 1 aromatic heterocycles. The third-order valence-corrected chi connectivity index (χ3v) is 6.14. The number of anilines is 2. The molecule has 6 heteroatoms. The summed E-state index contributed by atoms with van der Waals surface area (Å²) in [4.78, 5) is 20.9. The zero-order valence-corrected chi connectivity index (χ0v) is 18.2. The fourth-order valence-corrected chi connectivity index (χ4v) is 4.47. The van der Waals surface area contributed by atoms with Gasteiger partial charge in [-0.2, -0.15) is 0 Å². The summed E-state index contributed by atoms with van der Waals surface area (Å²) in [5.74, 6) is 2.97. The largest absolute Gasteiger partial charge is 0.489 e. The number of nitrogens with one attached hydrogen (secondary N) is 1. The maximum Gasteiger partial charge on any atom is 0.217 e. The van der Waals surface area contributed by atoms with Gasteiger partial charge in [-0.25, -0.2) is 4.98 Å². The predicted molar refractivity (Wildman–Crippen MR) is 120 cm³/mol. The molecule has 2 aromatic rings. The van der Waals surface area contributed by atoms with E-state index in [1.807, 2.05) is 31.2 Å². The number of aromatic nitrogens is 1. The first kappa shape index (κ1) is 20.5. The summed E-state index contributed by atoms with van der Waals surface area (Å²) in [6.07, 6.45) is 3.62. The topological polar surface area (TPSA) is 57.7 Å². The van der Waals surface area contributed by atoms with Gasteiger partial charge in [-0.15, -0.1) is 0 Å². The van der Waals surface area contributed by atoms with Crippen LogP contribution in [0.1, 0.15) is 51.6 Å². The molecule has 2 aliphatic heterocycles. The van der Waals surface area contributed by atoms with Crippen LogP contribution in [0, 0.1) is 0 Å². The zero-order chi connectivity index (χ0) is 21.1. The molecule has 1 N–H and O–H groups in total. The highest BCUT2D eigenvalue weighted by Gasteiger charge is 2.27.